The van der Waals surface area contributed by atoms with Gasteiger partial charge < -0.3 is 0 Å². The Hall–Kier alpha value is 0.941. The van der Waals surface area contributed by atoms with Crippen LogP contribution in [0, 0.1) is 0 Å². The van der Waals surface area contributed by atoms with Gasteiger partial charge in [-0.25, -0.2) is 0 Å². The quantitative estimate of drug-likeness (QED) is 0.327. The van der Waals surface area contributed by atoms with Gasteiger partial charge in [0.1, 0.15) is 6.42 Å². The van der Waals surface area contributed by atoms with Gasteiger partial charge in [-0.05, 0) is 0 Å². The van der Waals surface area contributed by atoms with E-state index in [0.717, 1.165) is 0 Å². The molecular formula is CH3ClSi3. The van der Waals surface area contributed by atoms with Crippen molar-refractivity contribution in [2.45, 2.75) is 6.55 Å². The molecule has 0 atom stereocenters. The highest BCUT2D eigenvalue weighted by Gasteiger charge is 2.04. The van der Waals surface area contributed by atoms with Crippen molar-refractivity contribution in [2.24, 2.45) is 0 Å². The van der Waals surface area contributed by atoms with Gasteiger partial charge in [0.05, 0.1) is 0 Å². The van der Waals surface area contributed by atoms with Crippen molar-refractivity contribution in [1.29, 1.82) is 0 Å². The molecule has 0 fully saturated rings. The van der Waals surface area contributed by atoms with Crippen LogP contribution in [-0.4, -0.2) is 25.9 Å². The van der Waals surface area contributed by atoms with Crippen LogP contribution >= 0.6 is 11.1 Å². The van der Waals surface area contributed by atoms with Gasteiger partial charge in [0, 0.05) is 19.5 Å². The van der Waals surface area contributed by atoms with Crippen LogP contribution in [0.5, 0.6) is 0 Å². The Morgan fingerprint density at radius 2 is 1.60 bits per heavy atom. The third-order valence-corrected chi connectivity index (χ3v) is 0. The average Bonchev–Trinajstić information content (AvgIpc) is 0.722. The molecule has 0 aromatic carbocycles. The van der Waals surface area contributed by atoms with Crippen molar-refractivity contribution in [3.63, 3.8) is 0 Å². The molecule has 0 bridgehead atoms. The lowest BCUT2D eigenvalue weighted by Gasteiger charge is -1.97. The van der Waals surface area contributed by atoms with E-state index in [2.05, 4.69) is 19.5 Å². The Bertz CT molecular complexity index is 22.4. The Morgan fingerprint density at radius 3 is 1.60 bits per heavy atom. The van der Waals surface area contributed by atoms with Gasteiger partial charge in [-0.2, -0.15) is 11.1 Å². The van der Waals surface area contributed by atoms with Crippen molar-refractivity contribution >= 4 is 37.0 Å². The largest absolute Gasteiger partial charge is 0.176 e. The maximum atomic E-state index is 5.50. The molecule has 4 heteroatoms. The lowest BCUT2D eigenvalue weighted by molar-refractivity contribution is 2.31. The molecule has 0 saturated heterocycles. The van der Waals surface area contributed by atoms with E-state index in [4.69, 9.17) is 11.1 Å². The summed E-state index contributed by atoms with van der Waals surface area (Å²) in [6.45, 7) is 1.92. The SMILES string of the molecule is C[Si]([Si])([Si])Cl. The van der Waals surface area contributed by atoms with Gasteiger partial charge in [0.15, 0.2) is 0 Å². The fourth-order valence-corrected chi connectivity index (χ4v) is 0. The average molecular weight is 135 g/mol. The number of hydrogen-bond acceptors (Lipinski definition) is 0. The van der Waals surface area contributed by atoms with Gasteiger partial charge in [-0.15, -0.1) is 0 Å². The summed E-state index contributed by atoms with van der Waals surface area (Å²) in [5.41, 5.74) is 0. The topological polar surface area (TPSA) is 0 Å². The van der Waals surface area contributed by atoms with E-state index in [1.165, 1.54) is 0 Å². The van der Waals surface area contributed by atoms with E-state index in [9.17, 15) is 0 Å². The zero-order valence-electron chi connectivity index (χ0n) is 2.88. The molecule has 0 N–H and O–H groups in total. The van der Waals surface area contributed by atoms with Crippen molar-refractivity contribution in [2.75, 3.05) is 0 Å². The van der Waals surface area contributed by atoms with Crippen LogP contribution in [0.4, 0.5) is 0 Å². The number of hydrogen-bond donors (Lipinski definition) is 0. The highest BCUT2D eigenvalue weighted by Crippen LogP contribution is 1.91. The van der Waals surface area contributed by atoms with Crippen LogP contribution < -0.4 is 0 Å². The first-order valence-corrected chi connectivity index (χ1v) is 7.70. The zero-order chi connectivity index (χ0) is 4.50. The van der Waals surface area contributed by atoms with E-state index in [0.29, 0.717) is 0 Å². The molecule has 0 saturated carbocycles. The van der Waals surface area contributed by atoms with E-state index >= 15 is 0 Å². The molecule has 6 radical (unpaired) electrons. The summed E-state index contributed by atoms with van der Waals surface area (Å²) in [4.78, 5) is 0. The third-order valence-electron chi connectivity index (χ3n) is 0. The molecule has 0 aromatic heterocycles. The second-order valence-corrected chi connectivity index (χ2v) is 14.7. The van der Waals surface area contributed by atoms with Crippen LogP contribution in [0.2, 0.25) is 6.55 Å². The normalized spacial score (nSPS) is 12.0. The fraction of sp³-hybridized carbons (Fsp3) is 1.00. The van der Waals surface area contributed by atoms with Gasteiger partial charge in [-0.3, -0.25) is 0 Å². The summed E-state index contributed by atoms with van der Waals surface area (Å²) < 4.78 is 0. The molecule has 0 aliphatic rings. The van der Waals surface area contributed by atoms with Crippen LogP contribution in [0.25, 0.3) is 0 Å². The van der Waals surface area contributed by atoms with Crippen LogP contribution in [0.1, 0.15) is 0 Å². The Labute approximate surface area is 44.0 Å². The fourth-order valence-electron chi connectivity index (χ4n) is 0. The Balaban J connectivity index is 3.02. The molecule has 26 valence electrons. The number of halogens is 1. The lowest BCUT2D eigenvalue weighted by Crippen LogP contribution is -2.22. The summed E-state index contributed by atoms with van der Waals surface area (Å²) in [6, 6.07) is 0. The molecule has 0 spiro atoms. The molecule has 0 aliphatic heterocycles. The standard InChI is InChI=1S/CH3ClSi3/c1-5(2,3)4/h1H3. The molecule has 0 aromatic rings. The molecule has 0 aliphatic carbocycles. The summed E-state index contributed by atoms with van der Waals surface area (Å²) in [5, 5.41) is 0. The van der Waals surface area contributed by atoms with Gasteiger partial charge in [0.25, 0.3) is 0 Å². The lowest BCUT2D eigenvalue weighted by atomic mass is 11.9. The van der Waals surface area contributed by atoms with Gasteiger partial charge in [-0.1, -0.05) is 6.55 Å². The minimum Gasteiger partial charge on any atom is -0.176 e. The summed E-state index contributed by atoms with van der Waals surface area (Å²) in [7, 11) is 6.47. The summed E-state index contributed by atoms with van der Waals surface area (Å²) in [6.07, 6.45) is -1.53. The Kier molecular flexibility index (Phi) is 1.89. The first-order chi connectivity index (χ1) is 2.00. The first-order valence-electron chi connectivity index (χ1n) is 1.19. The summed E-state index contributed by atoms with van der Waals surface area (Å²) in [5.74, 6) is 0. The Morgan fingerprint density at radius 1 is 1.60 bits per heavy atom. The molecule has 0 rings (SSSR count). The second kappa shape index (κ2) is 1.59. The third kappa shape index (κ3) is 48.3. The molecule has 5 heavy (non-hydrogen) atoms. The van der Waals surface area contributed by atoms with Gasteiger partial charge in [0.2, 0.25) is 0 Å². The first kappa shape index (κ1) is 5.94. The predicted octanol–water partition coefficient (Wildman–Crippen LogP) is 0.131. The van der Waals surface area contributed by atoms with Crippen LogP contribution in [0.3, 0.4) is 0 Å². The molecule has 0 nitrogen and oxygen atoms in total. The second-order valence-electron chi connectivity index (χ2n) is 1.00. The smallest absolute Gasteiger partial charge is 0.118 e. The molecule has 0 amide bonds. The zero-order valence-corrected chi connectivity index (χ0v) is 6.63. The molecule has 0 unspecified atom stereocenters. The van der Waals surface area contributed by atoms with E-state index < -0.39 is 6.42 Å². The molecule has 0 heterocycles. The van der Waals surface area contributed by atoms with E-state index in [-0.39, 0.29) is 0 Å². The highest BCUT2D eigenvalue weighted by atomic mass is 35.6. The maximum absolute atomic E-state index is 5.50. The monoisotopic (exact) mass is 134 g/mol. The van der Waals surface area contributed by atoms with Crippen LogP contribution in [-0.2, 0) is 0 Å². The van der Waals surface area contributed by atoms with Crippen molar-refractivity contribution in [3.8, 4) is 0 Å². The minimum atomic E-state index is -1.53. The van der Waals surface area contributed by atoms with E-state index in [1.807, 2.05) is 6.55 Å². The maximum Gasteiger partial charge on any atom is 0.118 e. The van der Waals surface area contributed by atoms with Crippen LogP contribution in [0.15, 0.2) is 0 Å². The van der Waals surface area contributed by atoms with Gasteiger partial charge >= 0.3 is 0 Å². The van der Waals surface area contributed by atoms with E-state index in [1.54, 1.807) is 0 Å². The van der Waals surface area contributed by atoms with Crippen molar-refractivity contribution in [1.82, 2.24) is 0 Å². The van der Waals surface area contributed by atoms with Crippen molar-refractivity contribution in [3.05, 3.63) is 0 Å². The number of rotatable bonds is 0. The summed E-state index contributed by atoms with van der Waals surface area (Å²) >= 11 is 5.50. The predicted molar refractivity (Wildman–Crippen MR) is 29.0 cm³/mol. The highest BCUT2D eigenvalue weighted by molar-refractivity contribution is 7.61. The molecular weight excluding hydrogens is 132 g/mol. The van der Waals surface area contributed by atoms with Crippen molar-refractivity contribution < 1.29 is 0 Å². The minimum absolute atomic E-state index is 1.53.